The van der Waals surface area contributed by atoms with E-state index in [9.17, 15) is 8.42 Å². The molecule has 102 valence electrons. The van der Waals surface area contributed by atoms with Crippen LogP contribution in [0.4, 0.5) is 5.69 Å². The van der Waals surface area contributed by atoms with Gasteiger partial charge < -0.3 is 4.40 Å². The fraction of sp³-hybridized carbons (Fsp3) is 0.0714. The maximum Gasteiger partial charge on any atom is 0.229 e. The van der Waals surface area contributed by atoms with Gasteiger partial charge in [0.25, 0.3) is 0 Å². The number of aromatic nitrogens is 2. The summed E-state index contributed by atoms with van der Waals surface area (Å²) in [6.07, 6.45) is 6.76. The van der Waals surface area contributed by atoms with Gasteiger partial charge in [-0.3, -0.25) is 4.72 Å². The molecule has 0 aliphatic rings. The van der Waals surface area contributed by atoms with Crippen LogP contribution in [0.5, 0.6) is 0 Å². The van der Waals surface area contributed by atoms with Crippen molar-refractivity contribution in [3.63, 3.8) is 0 Å². The minimum atomic E-state index is -3.24. The highest BCUT2D eigenvalue weighted by Crippen LogP contribution is 2.22. The van der Waals surface area contributed by atoms with Crippen molar-refractivity contribution < 1.29 is 8.42 Å². The lowest BCUT2D eigenvalue weighted by atomic mass is 10.1. The van der Waals surface area contributed by atoms with Crippen LogP contribution in [0, 0.1) is 0 Å². The average molecular weight is 287 g/mol. The summed E-state index contributed by atoms with van der Waals surface area (Å²) in [5, 5.41) is 0. The first kappa shape index (κ1) is 12.7. The summed E-state index contributed by atoms with van der Waals surface area (Å²) in [4.78, 5) is 4.19. The van der Waals surface area contributed by atoms with Crippen LogP contribution in [-0.2, 0) is 10.0 Å². The smallest absolute Gasteiger partial charge is 0.229 e. The Balaban J connectivity index is 1.94. The number of hydrogen-bond donors (Lipinski definition) is 1. The molecule has 2 heterocycles. The maximum absolute atomic E-state index is 11.2. The Labute approximate surface area is 117 Å². The number of anilines is 1. The molecular weight excluding hydrogens is 274 g/mol. The summed E-state index contributed by atoms with van der Waals surface area (Å²) in [5.74, 6) is 0. The summed E-state index contributed by atoms with van der Waals surface area (Å²) in [6, 6.07) is 11.2. The van der Waals surface area contributed by atoms with E-state index < -0.39 is 10.0 Å². The van der Waals surface area contributed by atoms with E-state index in [0.29, 0.717) is 5.69 Å². The number of rotatable bonds is 3. The molecule has 0 unspecified atom stereocenters. The first-order valence-corrected chi connectivity index (χ1v) is 7.91. The number of nitrogens with zero attached hydrogens (tertiary/aromatic N) is 2. The maximum atomic E-state index is 11.2. The van der Waals surface area contributed by atoms with Crippen LogP contribution >= 0.6 is 0 Å². The zero-order valence-corrected chi connectivity index (χ0v) is 11.6. The predicted octanol–water partition coefficient (Wildman–Crippen LogP) is 2.37. The van der Waals surface area contributed by atoms with Crippen LogP contribution in [0.25, 0.3) is 16.8 Å². The molecule has 0 aliphatic carbocycles. The van der Waals surface area contributed by atoms with Crippen LogP contribution in [-0.4, -0.2) is 24.1 Å². The number of sulfonamides is 1. The molecule has 1 aromatic carbocycles. The normalized spacial score (nSPS) is 11.7. The third kappa shape index (κ3) is 2.65. The van der Waals surface area contributed by atoms with Crippen molar-refractivity contribution in [1.29, 1.82) is 0 Å². The lowest BCUT2D eigenvalue weighted by molar-refractivity contribution is 0.607. The minimum absolute atomic E-state index is 0.556. The molecule has 0 bridgehead atoms. The summed E-state index contributed by atoms with van der Waals surface area (Å²) >= 11 is 0. The van der Waals surface area contributed by atoms with Crippen molar-refractivity contribution >= 4 is 21.4 Å². The number of fused-ring (bicyclic) bond motifs is 1. The summed E-state index contributed by atoms with van der Waals surface area (Å²) < 4.78 is 26.7. The van der Waals surface area contributed by atoms with Crippen molar-refractivity contribution in [3.8, 4) is 11.1 Å². The molecule has 2 aromatic heterocycles. The second-order valence-electron chi connectivity index (χ2n) is 4.56. The second kappa shape index (κ2) is 4.64. The minimum Gasteiger partial charge on any atom is -0.306 e. The van der Waals surface area contributed by atoms with Crippen molar-refractivity contribution in [2.45, 2.75) is 0 Å². The fourth-order valence-corrected chi connectivity index (χ4v) is 2.60. The van der Waals surface area contributed by atoms with Crippen molar-refractivity contribution in [3.05, 3.63) is 55.0 Å². The number of nitrogens with one attached hydrogen (secondary N) is 1. The topological polar surface area (TPSA) is 63.5 Å². The molecule has 20 heavy (non-hydrogen) atoms. The predicted molar refractivity (Wildman–Crippen MR) is 79.1 cm³/mol. The second-order valence-corrected chi connectivity index (χ2v) is 6.31. The third-order valence-electron chi connectivity index (χ3n) is 2.91. The van der Waals surface area contributed by atoms with E-state index in [1.807, 2.05) is 41.1 Å². The number of pyridine rings is 1. The van der Waals surface area contributed by atoms with Gasteiger partial charge in [0.05, 0.1) is 6.26 Å². The lowest BCUT2D eigenvalue weighted by Crippen LogP contribution is -2.09. The molecule has 1 N–H and O–H groups in total. The zero-order chi connectivity index (χ0) is 14.2. The summed E-state index contributed by atoms with van der Waals surface area (Å²) in [7, 11) is -3.24. The van der Waals surface area contributed by atoms with Crippen LogP contribution < -0.4 is 4.72 Å². The highest BCUT2D eigenvalue weighted by molar-refractivity contribution is 7.92. The van der Waals surface area contributed by atoms with Crippen molar-refractivity contribution in [2.24, 2.45) is 0 Å². The van der Waals surface area contributed by atoms with E-state index >= 15 is 0 Å². The number of hydrogen-bond acceptors (Lipinski definition) is 3. The molecule has 0 amide bonds. The Morgan fingerprint density at radius 1 is 1.05 bits per heavy atom. The van der Waals surface area contributed by atoms with Gasteiger partial charge >= 0.3 is 0 Å². The van der Waals surface area contributed by atoms with Gasteiger partial charge in [0, 0.05) is 24.3 Å². The molecule has 0 atom stereocenters. The Morgan fingerprint density at radius 2 is 1.75 bits per heavy atom. The largest absolute Gasteiger partial charge is 0.306 e. The van der Waals surface area contributed by atoms with Crippen molar-refractivity contribution in [2.75, 3.05) is 11.0 Å². The molecule has 0 aliphatic heterocycles. The van der Waals surface area contributed by atoms with E-state index in [2.05, 4.69) is 9.71 Å². The zero-order valence-electron chi connectivity index (χ0n) is 10.8. The van der Waals surface area contributed by atoms with Crippen LogP contribution in [0.15, 0.2) is 55.0 Å². The van der Waals surface area contributed by atoms with E-state index in [1.54, 1.807) is 18.3 Å². The molecule has 0 radical (unpaired) electrons. The number of benzene rings is 1. The summed E-state index contributed by atoms with van der Waals surface area (Å²) in [5.41, 5.74) is 3.50. The highest BCUT2D eigenvalue weighted by Gasteiger charge is 2.03. The van der Waals surface area contributed by atoms with Crippen molar-refractivity contribution in [1.82, 2.24) is 9.38 Å². The van der Waals surface area contributed by atoms with E-state index in [-0.39, 0.29) is 0 Å². The standard InChI is InChI=1S/C14H13N3O2S/c1-20(18,19)16-13-5-2-11(3-6-13)12-4-7-14-15-8-9-17(14)10-12/h2-10,16H,1H3. The Kier molecular flexibility index (Phi) is 2.94. The first-order chi connectivity index (χ1) is 9.51. The average Bonchev–Trinajstić information content (AvgIpc) is 2.85. The van der Waals surface area contributed by atoms with Gasteiger partial charge in [-0.25, -0.2) is 13.4 Å². The van der Waals surface area contributed by atoms with Gasteiger partial charge in [-0.05, 0) is 35.4 Å². The van der Waals surface area contributed by atoms with Gasteiger partial charge in [0.1, 0.15) is 5.65 Å². The molecule has 0 saturated carbocycles. The fourth-order valence-electron chi connectivity index (χ4n) is 2.04. The van der Waals surface area contributed by atoms with Gasteiger partial charge in [-0.15, -0.1) is 0 Å². The number of imidazole rings is 1. The molecule has 0 saturated heterocycles. The first-order valence-electron chi connectivity index (χ1n) is 6.02. The molecule has 0 spiro atoms. The molecule has 5 nitrogen and oxygen atoms in total. The molecule has 0 fully saturated rings. The molecular formula is C14H13N3O2S. The van der Waals surface area contributed by atoms with E-state index in [0.717, 1.165) is 23.0 Å². The lowest BCUT2D eigenvalue weighted by Gasteiger charge is -2.06. The highest BCUT2D eigenvalue weighted by atomic mass is 32.2. The van der Waals surface area contributed by atoms with E-state index in [4.69, 9.17) is 0 Å². The van der Waals surface area contributed by atoms with Gasteiger partial charge in [0.15, 0.2) is 0 Å². The molecule has 3 rings (SSSR count). The third-order valence-corrected chi connectivity index (χ3v) is 3.52. The Bertz CT molecular complexity index is 852. The van der Waals surface area contributed by atoms with Gasteiger partial charge in [0.2, 0.25) is 10.0 Å². The monoisotopic (exact) mass is 287 g/mol. The molecule has 6 heteroatoms. The molecule has 3 aromatic rings. The Morgan fingerprint density at radius 3 is 2.45 bits per heavy atom. The van der Waals surface area contributed by atoms with Gasteiger partial charge in [-0.1, -0.05) is 12.1 Å². The van der Waals surface area contributed by atoms with Gasteiger partial charge in [-0.2, -0.15) is 0 Å². The van der Waals surface area contributed by atoms with Crippen LogP contribution in [0.1, 0.15) is 0 Å². The summed E-state index contributed by atoms with van der Waals surface area (Å²) in [6.45, 7) is 0. The van der Waals surface area contributed by atoms with Crippen LogP contribution in [0.2, 0.25) is 0 Å². The Hall–Kier alpha value is -2.34. The van der Waals surface area contributed by atoms with E-state index in [1.165, 1.54) is 0 Å². The SMILES string of the molecule is CS(=O)(=O)Nc1ccc(-c2ccc3nccn3c2)cc1. The quantitative estimate of drug-likeness (QED) is 0.804. The van der Waals surface area contributed by atoms with Crippen LogP contribution in [0.3, 0.4) is 0 Å².